The van der Waals surface area contributed by atoms with E-state index in [1.54, 1.807) is 17.4 Å². The number of hydrogen-bond donors (Lipinski definition) is 0. The molecule has 27 heavy (non-hydrogen) atoms. The molecule has 1 aromatic carbocycles. The Labute approximate surface area is 157 Å². The summed E-state index contributed by atoms with van der Waals surface area (Å²) < 4.78 is 6.17. The number of aromatic nitrogens is 2. The number of aryl methyl sites for hydroxylation is 2. The minimum absolute atomic E-state index is 0.158. The van der Waals surface area contributed by atoms with Gasteiger partial charge in [-0.2, -0.15) is 9.78 Å². The van der Waals surface area contributed by atoms with Gasteiger partial charge in [-0.15, -0.1) is 11.3 Å². The maximum Gasteiger partial charge on any atom is 0.311 e. The summed E-state index contributed by atoms with van der Waals surface area (Å²) in [4.78, 5) is 29.8. The van der Waals surface area contributed by atoms with Gasteiger partial charge in [-0.3, -0.25) is 14.9 Å². The number of hydrogen-bond acceptors (Lipinski definition) is 7. The van der Waals surface area contributed by atoms with Gasteiger partial charge in [-0.25, -0.2) is 4.98 Å². The molecule has 138 valence electrons. The Morgan fingerprint density at radius 1 is 1.37 bits per heavy atom. The average Bonchev–Trinajstić information content (AvgIpc) is 3.06. The van der Waals surface area contributed by atoms with Crippen molar-refractivity contribution >= 4 is 33.5 Å². The van der Waals surface area contributed by atoms with Crippen LogP contribution in [0.4, 0.5) is 5.69 Å². The number of rotatable bonds is 4. The maximum absolute atomic E-state index is 12.8. The zero-order valence-electron chi connectivity index (χ0n) is 14.5. The molecule has 9 heteroatoms. The molecule has 3 aromatic rings. The van der Waals surface area contributed by atoms with Gasteiger partial charge in [0.25, 0.3) is 5.56 Å². The number of methoxy groups -OCH3 is 1. The van der Waals surface area contributed by atoms with Gasteiger partial charge in [0.2, 0.25) is 0 Å². The summed E-state index contributed by atoms with van der Waals surface area (Å²) in [7, 11) is 1.37. The summed E-state index contributed by atoms with van der Waals surface area (Å²) in [6.45, 7) is 0. The first-order valence-electron chi connectivity index (χ1n) is 8.47. The third kappa shape index (κ3) is 3.10. The number of benzene rings is 1. The fourth-order valence-corrected chi connectivity index (χ4v) is 4.50. The van der Waals surface area contributed by atoms with Crippen LogP contribution >= 0.6 is 11.3 Å². The topological polar surface area (TPSA) is 99.6 Å². The van der Waals surface area contributed by atoms with E-state index < -0.39 is 4.92 Å². The van der Waals surface area contributed by atoms with Crippen molar-refractivity contribution in [3.63, 3.8) is 0 Å². The van der Waals surface area contributed by atoms with Crippen LogP contribution in [0.25, 0.3) is 10.2 Å². The third-order valence-electron chi connectivity index (χ3n) is 4.59. The van der Waals surface area contributed by atoms with Crippen LogP contribution in [0.2, 0.25) is 0 Å². The largest absolute Gasteiger partial charge is 0.490 e. The normalized spacial score (nSPS) is 13.8. The predicted molar refractivity (Wildman–Crippen MR) is 103 cm³/mol. The predicted octanol–water partition coefficient (Wildman–Crippen LogP) is 3.14. The molecule has 0 unspecified atom stereocenters. The van der Waals surface area contributed by atoms with Crippen molar-refractivity contribution < 1.29 is 9.66 Å². The van der Waals surface area contributed by atoms with E-state index in [-0.39, 0.29) is 17.0 Å². The molecule has 0 saturated heterocycles. The van der Waals surface area contributed by atoms with Crippen molar-refractivity contribution in [2.75, 3.05) is 7.11 Å². The zero-order chi connectivity index (χ0) is 19.0. The maximum atomic E-state index is 12.8. The lowest BCUT2D eigenvalue weighted by Crippen LogP contribution is -2.18. The molecule has 4 rings (SSSR count). The summed E-state index contributed by atoms with van der Waals surface area (Å²) in [5, 5.41) is 15.9. The van der Waals surface area contributed by atoms with E-state index in [0.29, 0.717) is 10.9 Å². The number of ether oxygens (including phenoxy) is 1. The first kappa shape index (κ1) is 17.3. The van der Waals surface area contributed by atoms with Crippen LogP contribution in [0, 0.1) is 10.1 Å². The van der Waals surface area contributed by atoms with Crippen LogP contribution in [0.15, 0.2) is 34.4 Å². The van der Waals surface area contributed by atoms with E-state index in [0.717, 1.165) is 36.1 Å². The van der Waals surface area contributed by atoms with E-state index in [9.17, 15) is 14.9 Å². The molecular weight excluding hydrogens is 368 g/mol. The van der Waals surface area contributed by atoms with Crippen LogP contribution in [0.1, 0.15) is 28.8 Å². The van der Waals surface area contributed by atoms with Crippen LogP contribution < -0.4 is 10.3 Å². The number of nitro benzene ring substituents is 1. The molecule has 0 amide bonds. The van der Waals surface area contributed by atoms with Crippen LogP contribution in [0.3, 0.4) is 0 Å². The lowest BCUT2D eigenvalue weighted by Gasteiger charge is -2.09. The molecular formula is C18H16N4O4S. The standard InChI is InChI=1S/C18H16N4O4S/c1-26-14-7-6-11(8-13(14)22(24)25)9-20-21-10-19-17-16(18(21)23)12-4-2-3-5-15(12)27-17/h6-10H,2-5H2,1H3. The zero-order valence-corrected chi connectivity index (χ0v) is 15.4. The Balaban J connectivity index is 1.73. The molecule has 0 spiro atoms. The minimum Gasteiger partial charge on any atom is -0.490 e. The summed E-state index contributed by atoms with van der Waals surface area (Å²) in [5.41, 5.74) is 1.22. The van der Waals surface area contributed by atoms with Crippen molar-refractivity contribution in [3.05, 3.63) is 61.0 Å². The fraction of sp³-hybridized carbons (Fsp3) is 0.278. The van der Waals surface area contributed by atoms with Gasteiger partial charge >= 0.3 is 5.69 Å². The SMILES string of the molecule is COc1ccc(C=Nn2cnc3sc4c(c3c2=O)CCCC4)cc1[N+](=O)[O-]. The quantitative estimate of drug-likeness (QED) is 0.391. The molecule has 1 aliphatic rings. The van der Waals surface area contributed by atoms with Crippen molar-refractivity contribution in [2.45, 2.75) is 25.7 Å². The Morgan fingerprint density at radius 2 is 2.19 bits per heavy atom. The average molecular weight is 384 g/mol. The second kappa shape index (κ2) is 6.92. The van der Waals surface area contributed by atoms with Gasteiger partial charge in [-0.05, 0) is 43.4 Å². The summed E-state index contributed by atoms with van der Waals surface area (Å²) >= 11 is 1.58. The van der Waals surface area contributed by atoms with E-state index in [1.165, 1.54) is 41.3 Å². The molecule has 1 aliphatic carbocycles. The Hall–Kier alpha value is -3.07. The summed E-state index contributed by atoms with van der Waals surface area (Å²) in [5.74, 6) is 0.169. The van der Waals surface area contributed by atoms with Crippen molar-refractivity contribution in [1.82, 2.24) is 9.66 Å². The second-order valence-electron chi connectivity index (χ2n) is 6.22. The highest BCUT2D eigenvalue weighted by molar-refractivity contribution is 7.18. The van der Waals surface area contributed by atoms with Gasteiger partial charge in [0.15, 0.2) is 5.75 Å². The molecule has 0 bridgehead atoms. The highest BCUT2D eigenvalue weighted by atomic mass is 32.1. The summed E-state index contributed by atoms with van der Waals surface area (Å²) in [6.07, 6.45) is 6.90. The fourth-order valence-electron chi connectivity index (χ4n) is 3.28. The van der Waals surface area contributed by atoms with Crippen molar-refractivity contribution in [2.24, 2.45) is 5.10 Å². The van der Waals surface area contributed by atoms with Gasteiger partial charge in [-0.1, -0.05) is 0 Å². The number of thiophene rings is 1. The van der Waals surface area contributed by atoms with E-state index >= 15 is 0 Å². The van der Waals surface area contributed by atoms with Gasteiger partial charge in [0.05, 0.1) is 23.6 Å². The molecule has 2 heterocycles. The third-order valence-corrected chi connectivity index (χ3v) is 5.79. The van der Waals surface area contributed by atoms with Crippen LogP contribution in [0.5, 0.6) is 5.75 Å². The Morgan fingerprint density at radius 3 is 2.96 bits per heavy atom. The molecule has 2 aromatic heterocycles. The molecule has 0 fully saturated rings. The smallest absolute Gasteiger partial charge is 0.311 e. The highest BCUT2D eigenvalue weighted by Gasteiger charge is 2.20. The Kier molecular flexibility index (Phi) is 4.44. The van der Waals surface area contributed by atoms with E-state index in [1.807, 2.05) is 0 Å². The number of nitro groups is 1. The molecule has 8 nitrogen and oxygen atoms in total. The summed E-state index contributed by atoms with van der Waals surface area (Å²) in [6, 6.07) is 4.49. The molecule has 0 aliphatic heterocycles. The first-order chi connectivity index (χ1) is 13.1. The van der Waals surface area contributed by atoms with Gasteiger partial charge < -0.3 is 4.74 Å². The van der Waals surface area contributed by atoms with Crippen molar-refractivity contribution in [3.8, 4) is 5.75 Å². The molecule has 0 radical (unpaired) electrons. The molecule has 0 atom stereocenters. The van der Waals surface area contributed by atoms with E-state index in [2.05, 4.69) is 10.1 Å². The van der Waals surface area contributed by atoms with Crippen LogP contribution in [-0.4, -0.2) is 27.9 Å². The Bertz CT molecular complexity index is 1130. The number of fused-ring (bicyclic) bond motifs is 3. The second-order valence-corrected chi connectivity index (χ2v) is 7.30. The first-order valence-corrected chi connectivity index (χ1v) is 9.29. The van der Waals surface area contributed by atoms with E-state index in [4.69, 9.17) is 4.74 Å². The lowest BCUT2D eigenvalue weighted by molar-refractivity contribution is -0.385. The highest BCUT2D eigenvalue weighted by Crippen LogP contribution is 2.33. The number of nitrogens with zero attached hydrogens (tertiary/aromatic N) is 4. The van der Waals surface area contributed by atoms with Gasteiger partial charge in [0.1, 0.15) is 11.2 Å². The van der Waals surface area contributed by atoms with Crippen molar-refractivity contribution in [1.29, 1.82) is 0 Å². The van der Waals surface area contributed by atoms with Crippen LogP contribution in [-0.2, 0) is 12.8 Å². The lowest BCUT2D eigenvalue weighted by atomic mass is 9.97. The molecule has 0 saturated carbocycles. The van der Waals surface area contributed by atoms with Gasteiger partial charge in [0, 0.05) is 16.5 Å². The minimum atomic E-state index is -0.520. The monoisotopic (exact) mass is 384 g/mol. The molecule has 0 N–H and O–H groups in total.